The Morgan fingerprint density at radius 2 is 1.04 bits per heavy atom. The van der Waals surface area contributed by atoms with Crippen LogP contribution < -0.4 is 18.9 Å². The first-order valence-electron chi connectivity index (χ1n) is 15.1. The van der Waals surface area contributed by atoms with Crippen LogP contribution in [0.15, 0.2) is 72.8 Å². The molecule has 4 aromatic carbocycles. The lowest BCUT2D eigenvalue weighted by Crippen LogP contribution is -2.28. The predicted molar refractivity (Wildman–Crippen MR) is 188 cm³/mol. The first-order chi connectivity index (χ1) is 22.3. The molecule has 0 heterocycles. The molecule has 46 heavy (non-hydrogen) atoms. The van der Waals surface area contributed by atoms with E-state index in [1.807, 2.05) is 54.6 Å². The molecule has 0 fully saturated rings. The van der Waals surface area contributed by atoms with E-state index < -0.39 is 0 Å². The number of carbonyl (C=O) groups is 2. The van der Waals surface area contributed by atoms with E-state index in [2.05, 4.69) is 50.1 Å². The van der Waals surface area contributed by atoms with Crippen LogP contribution in [0.5, 0.6) is 23.0 Å². The molecule has 0 saturated heterocycles. The van der Waals surface area contributed by atoms with Crippen LogP contribution in [0.1, 0.15) is 60.5 Å². The molecule has 0 N–H and O–H groups in total. The van der Waals surface area contributed by atoms with Gasteiger partial charge < -0.3 is 18.9 Å². The van der Waals surface area contributed by atoms with Gasteiger partial charge in [-0.1, -0.05) is 44.0 Å². The van der Waals surface area contributed by atoms with Gasteiger partial charge in [0.05, 0.1) is 28.4 Å². The molecule has 3 aliphatic carbocycles. The maximum absolute atomic E-state index is 13.0. The Morgan fingerprint density at radius 3 is 1.67 bits per heavy atom. The lowest BCUT2D eigenvalue weighted by atomic mass is 9.81. The van der Waals surface area contributed by atoms with Crippen molar-refractivity contribution < 1.29 is 28.5 Å². The summed E-state index contributed by atoms with van der Waals surface area (Å²) in [7, 11) is 6.65. The van der Waals surface area contributed by atoms with Crippen LogP contribution in [-0.2, 0) is 36.3 Å². The summed E-state index contributed by atoms with van der Waals surface area (Å²) in [6.45, 7) is 0. The summed E-state index contributed by atoms with van der Waals surface area (Å²) in [4.78, 5) is 24.2. The predicted octanol–water partition coefficient (Wildman–Crippen LogP) is 8.54. The fraction of sp³-hybridized carbons (Fsp3) is 0.316. The second-order valence-corrected chi connectivity index (χ2v) is 12.8. The number of rotatable bonds is 6. The number of aryl methyl sites for hydroxylation is 1. The van der Waals surface area contributed by atoms with Crippen LogP contribution in [0, 0.1) is 5.41 Å². The van der Waals surface area contributed by atoms with Crippen LogP contribution in [-0.4, -0.2) is 40.0 Å². The second-order valence-electron chi connectivity index (χ2n) is 11.6. The lowest BCUT2D eigenvalue weighted by molar-refractivity contribution is 0.0831. The summed E-state index contributed by atoms with van der Waals surface area (Å²) in [6, 6.07) is 23.7. The Bertz CT molecular complexity index is 1750. The molecule has 0 saturated carbocycles. The van der Waals surface area contributed by atoms with Gasteiger partial charge in [-0.05, 0) is 120 Å². The lowest BCUT2D eigenvalue weighted by Gasteiger charge is -2.20. The van der Waals surface area contributed by atoms with Crippen molar-refractivity contribution in [1.82, 2.24) is 0 Å². The molecule has 1 atom stereocenters. The Kier molecular flexibility index (Phi) is 10.9. The number of fused-ring (bicyclic) bond motifs is 3. The van der Waals surface area contributed by atoms with Crippen molar-refractivity contribution >= 4 is 43.4 Å². The van der Waals surface area contributed by atoms with Crippen LogP contribution in [0.2, 0.25) is 0 Å². The number of halogens is 2. The highest BCUT2D eigenvalue weighted by Crippen LogP contribution is 2.48. The van der Waals surface area contributed by atoms with E-state index in [1.54, 1.807) is 28.4 Å². The molecule has 0 amide bonds. The molecule has 0 bridgehead atoms. The van der Waals surface area contributed by atoms with Gasteiger partial charge in [-0.3, -0.25) is 9.59 Å². The highest BCUT2D eigenvalue weighted by molar-refractivity contribution is 9.09. The standard InChI is InChI=1S/C19H18O3.C10H10O2.C9H10Br2O/c1-21-15-4-3-12-9-19(10-13(12)7-15)11-14-8-16(22-2)5-6-17(14)18(19)20;1-12-8-3-4-9-7(6-8)2-5-10(9)11;1-12-9-3-2-7(5-10)8(4-9)6-11/h3-8H,9-11H2,1-2H3;3-4,6H,2,5H2,1H3;2-4H,5-6H2,1H3. The first kappa shape index (κ1) is 33.7. The number of methoxy groups -OCH3 is 4. The van der Waals surface area contributed by atoms with Crippen molar-refractivity contribution in [3.8, 4) is 23.0 Å². The van der Waals surface area contributed by atoms with Gasteiger partial charge >= 0.3 is 0 Å². The number of alkyl halides is 2. The Labute approximate surface area is 287 Å². The largest absolute Gasteiger partial charge is 0.497 e. The van der Waals surface area contributed by atoms with Gasteiger partial charge in [0.2, 0.25) is 0 Å². The van der Waals surface area contributed by atoms with Gasteiger partial charge in [0.25, 0.3) is 0 Å². The van der Waals surface area contributed by atoms with Crippen molar-refractivity contribution in [2.75, 3.05) is 28.4 Å². The third-order valence-electron chi connectivity index (χ3n) is 8.97. The van der Waals surface area contributed by atoms with Gasteiger partial charge in [-0.15, -0.1) is 0 Å². The van der Waals surface area contributed by atoms with E-state index in [0.29, 0.717) is 6.42 Å². The molecule has 6 nitrogen and oxygen atoms in total. The average Bonchev–Trinajstić information content (AvgIpc) is 3.75. The van der Waals surface area contributed by atoms with Crippen molar-refractivity contribution in [3.63, 3.8) is 0 Å². The quantitative estimate of drug-likeness (QED) is 0.184. The average molecular weight is 751 g/mol. The van der Waals surface area contributed by atoms with Crippen molar-refractivity contribution in [1.29, 1.82) is 0 Å². The first-order valence-corrected chi connectivity index (χ1v) is 17.4. The second kappa shape index (κ2) is 14.9. The van der Waals surface area contributed by atoms with E-state index in [1.165, 1.54) is 22.3 Å². The van der Waals surface area contributed by atoms with E-state index >= 15 is 0 Å². The molecule has 3 aliphatic rings. The highest BCUT2D eigenvalue weighted by Gasteiger charge is 2.49. The summed E-state index contributed by atoms with van der Waals surface area (Å²) < 4.78 is 20.8. The van der Waals surface area contributed by atoms with E-state index in [9.17, 15) is 9.59 Å². The van der Waals surface area contributed by atoms with Crippen LogP contribution in [0.25, 0.3) is 0 Å². The Hall–Kier alpha value is -3.62. The highest BCUT2D eigenvalue weighted by atomic mass is 79.9. The Balaban J connectivity index is 0.000000148. The molecule has 7 rings (SSSR count). The number of ether oxygens (including phenoxy) is 4. The van der Waals surface area contributed by atoms with E-state index in [4.69, 9.17) is 18.9 Å². The normalized spacial score (nSPS) is 16.8. The van der Waals surface area contributed by atoms with Gasteiger partial charge in [0.1, 0.15) is 23.0 Å². The minimum Gasteiger partial charge on any atom is -0.497 e. The molecular formula is C38H38Br2O6. The number of hydrogen-bond donors (Lipinski definition) is 0. The van der Waals surface area contributed by atoms with Crippen LogP contribution in [0.4, 0.5) is 0 Å². The smallest absolute Gasteiger partial charge is 0.170 e. The van der Waals surface area contributed by atoms with E-state index in [-0.39, 0.29) is 17.0 Å². The molecule has 4 aromatic rings. The molecule has 1 spiro atoms. The number of benzene rings is 4. The SMILES string of the molecule is COc1ccc(CBr)c(CBr)c1.COc1ccc2c(c1)CC1(C2)Cc2cc(OC)ccc2C1=O.COc1ccc2c(c1)CCC2=O. The van der Waals surface area contributed by atoms with Crippen LogP contribution in [0.3, 0.4) is 0 Å². The fourth-order valence-electron chi connectivity index (χ4n) is 6.48. The monoisotopic (exact) mass is 748 g/mol. The summed E-state index contributed by atoms with van der Waals surface area (Å²) >= 11 is 6.87. The zero-order valence-corrected chi connectivity index (χ0v) is 29.8. The third kappa shape index (κ3) is 7.03. The molecule has 0 aliphatic heterocycles. The van der Waals surface area contributed by atoms with Gasteiger partial charge in [-0.25, -0.2) is 0 Å². The van der Waals surface area contributed by atoms with Crippen molar-refractivity contribution in [2.45, 2.75) is 42.8 Å². The maximum Gasteiger partial charge on any atom is 0.170 e. The molecule has 0 aromatic heterocycles. The summed E-state index contributed by atoms with van der Waals surface area (Å²) in [5, 5.41) is 1.75. The zero-order valence-electron chi connectivity index (χ0n) is 26.6. The Morgan fingerprint density at radius 1 is 0.543 bits per heavy atom. The summed E-state index contributed by atoms with van der Waals surface area (Å²) in [6.07, 6.45) is 3.95. The summed E-state index contributed by atoms with van der Waals surface area (Å²) in [5.74, 6) is 3.96. The van der Waals surface area contributed by atoms with E-state index in [0.717, 1.165) is 81.6 Å². The zero-order chi connectivity index (χ0) is 32.8. The fourth-order valence-corrected chi connectivity index (χ4v) is 7.55. The van der Waals surface area contributed by atoms with Gasteiger partial charge in [0, 0.05) is 33.6 Å². The minimum absolute atomic E-state index is 0.257. The molecule has 240 valence electrons. The minimum atomic E-state index is -0.302. The number of carbonyl (C=O) groups excluding carboxylic acids is 2. The topological polar surface area (TPSA) is 71.1 Å². The van der Waals surface area contributed by atoms with Gasteiger partial charge in [-0.2, -0.15) is 0 Å². The summed E-state index contributed by atoms with van der Waals surface area (Å²) in [5.41, 5.74) is 8.75. The van der Waals surface area contributed by atoms with Crippen molar-refractivity contribution in [3.05, 3.63) is 117 Å². The van der Waals surface area contributed by atoms with Crippen molar-refractivity contribution in [2.24, 2.45) is 5.41 Å². The molecular weight excluding hydrogens is 712 g/mol. The van der Waals surface area contributed by atoms with Crippen LogP contribution >= 0.6 is 31.9 Å². The maximum atomic E-state index is 13.0. The molecule has 0 radical (unpaired) electrons. The van der Waals surface area contributed by atoms with Gasteiger partial charge in [0.15, 0.2) is 11.6 Å². The number of ketones is 2. The molecule has 1 unspecified atom stereocenters. The number of hydrogen-bond acceptors (Lipinski definition) is 6. The molecule has 8 heteroatoms. The number of Topliss-reactive ketones (excluding diaryl/α,β-unsaturated/α-hetero) is 2. The third-order valence-corrected chi connectivity index (χ3v) is 10.2.